The van der Waals surface area contributed by atoms with Crippen LogP contribution in [-0.2, 0) is 16.0 Å². The Morgan fingerprint density at radius 1 is 1.35 bits per heavy atom. The van der Waals surface area contributed by atoms with Crippen LogP contribution >= 0.6 is 0 Å². The van der Waals surface area contributed by atoms with Crippen molar-refractivity contribution in [1.29, 1.82) is 0 Å². The fraction of sp³-hybridized carbons (Fsp3) is 0.667. The summed E-state index contributed by atoms with van der Waals surface area (Å²) in [4.78, 5) is 8.82. The van der Waals surface area contributed by atoms with E-state index in [1.807, 2.05) is 19.9 Å². The Morgan fingerprint density at radius 2 is 2.12 bits per heavy atom. The van der Waals surface area contributed by atoms with Gasteiger partial charge in [-0.15, -0.1) is 0 Å². The van der Waals surface area contributed by atoms with Gasteiger partial charge in [-0.25, -0.2) is 9.97 Å². The van der Waals surface area contributed by atoms with Crippen LogP contribution in [-0.4, -0.2) is 37.3 Å². The van der Waals surface area contributed by atoms with Crippen molar-refractivity contribution in [3.63, 3.8) is 0 Å². The van der Waals surface area contributed by atoms with Crippen molar-refractivity contribution in [3.8, 4) is 0 Å². The lowest BCUT2D eigenvalue weighted by atomic mass is 10.3. The van der Waals surface area contributed by atoms with Crippen molar-refractivity contribution in [2.24, 2.45) is 0 Å². The molecule has 1 aromatic rings. The van der Waals surface area contributed by atoms with Crippen molar-refractivity contribution in [3.05, 3.63) is 23.3 Å². The van der Waals surface area contributed by atoms with Crippen molar-refractivity contribution in [1.82, 2.24) is 15.3 Å². The molecule has 0 spiro atoms. The molecule has 1 atom stereocenters. The summed E-state index contributed by atoms with van der Waals surface area (Å²) < 4.78 is 10.2. The molecule has 5 nitrogen and oxygen atoms in total. The van der Waals surface area contributed by atoms with Gasteiger partial charge in [-0.3, -0.25) is 0 Å². The van der Waals surface area contributed by atoms with E-state index in [-0.39, 0.29) is 6.10 Å². The van der Waals surface area contributed by atoms with E-state index in [1.54, 1.807) is 14.2 Å². The summed E-state index contributed by atoms with van der Waals surface area (Å²) in [6, 6.07) is 1.98. The second-order valence-corrected chi connectivity index (χ2v) is 3.91. The van der Waals surface area contributed by atoms with E-state index in [2.05, 4.69) is 15.3 Å². The van der Waals surface area contributed by atoms with Crippen LogP contribution in [0.1, 0.15) is 30.2 Å². The van der Waals surface area contributed by atoms with Gasteiger partial charge in [0.1, 0.15) is 6.10 Å². The van der Waals surface area contributed by atoms with Crippen LogP contribution in [0.3, 0.4) is 0 Å². The highest BCUT2D eigenvalue weighted by atomic mass is 16.5. The van der Waals surface area contributed by atoms with Gasteiger partial charge in [0.15, 0.2) is 5.82 Å². The molecule has 96 valence electrons. The molecule has 1 N–H and O–H groups in total. The molecule has 0 saturated carbocycles. The summed E-state index contributed by atoms with van der Waals surface area (Å²) in [5.41, 5.74) is 1.94. The SMILES string of the molecule is COCCNCc1cc(C)nc(C(C)OC)n1. The van der Waals surface area contributed by atoms with Crippen molar-refractivity contribution >= 4 is 0 Å². The molecule has 1 aromatic heterocycles. The Morgan fingerprint density at radius 3 is 2.76 bits per heavy atom. The Balaban J connectivity index is 2.62. The molecule has 0 bridgehead atoms. The number of hydrogen-bond donors (Lipinski definition) is 1. The summed E-state index contributed by atoms with van der Waals surface area (Å²) >= 11 is 0. The number of aryl methyl sites for hydroxylation is 1. The Labute approximate surface area is 103 Å². The minimum absolute atomic E-state index is 0.0763. The Hall–Kier alpha value is -1.04. The van der Waals surface area contributed by atoms with Gasteiger partial charge in [0.2, 0.25) is 0 Å². The molecule has 5 heteroatoms. The Kier molecular flexibility index (Phi) is 6.04. The number of ether oxygens (including phenoxy) is 2. The van der Waals surface area contributed by atoms with Gasteiger partial charge in [0.05, 0.1) is 12.3 Å². The molecule has 0 aromatic carbocycles. The first kappa shape index (κ1) is 14.0. The lowest BCUT2D eigenvalue weighted by molar-refractivity contribution is 0.111. The minimum Gasteiger partial charge on any atom is -0.383 e. The zero-order chi connectivity index (χ0) is 12.7. The number of nitrogens with one attached hydrogen (secondary N) is 1. The zero-order valence-corrected chi connectivity index (χ0v) is 11.0. The van der Waals surface area contributed by atoms with Crippen LogP contribution in [0.25, 0.3) is 0 Å². The van der Waals surface area contributed by atoms with Crippen LogP contribution in [0.15, 0.2) is 6.07 Å². The van der Waals surface area contributed by atoms with E-state index in [0.29, 0.717) is 6.61 Å². The third-order valence-electron chi connectivity index (χ3n) is 2.43. The molecule has 0 aliphatic rings. The lowest BCUT2D eigenvalue weighted by Crippen LogP contribution is -2.20. The highest BCUT2D eigenvalue weighted by molar-refractivity contribution is 5.11. The van der Waals surface area contributed by atoms with E-state index in [4.69, 9.17) is 9.47 Å². The maximum absolute atomic E-state index is 5.22. The fourth-order valence-electron chi connectivity index (χ4n) is 1.43. The first-order valence-corrected chi connectivity index (χ1v) is 5.74. The first-order valence-electron chi connectivity index (χ1n) is 5.74. The third-order valence-corrected chi connectivity index (χ3v) is 2.43. The second-order valence-electron chi connectivity index (χ2n) is 3.91. The van der Waals surface area contributed by atoms with Gasteiger partial charge in [0.25, 0.3) is 0 Å². The summed E-state index contributed by atoms with van der Waals surface area (Å²) in [6.07, 6.45) is -0.0763. The predicted octanol–water partition coefficient (Wildman–Crippen LogP) is 1.23. The summed E-state index contributed by atoms with van der Waals surface area (Å²) in [5.74, 6) is 0.732. The van der Waals surface area contributed by atoms with Crippen molar-refractivity contribution < 1.29 is 9.47 Å². The molecular formula is C12H21N3O2. The maximum Gasteiger partial charge on any atom is 0.157 e. The van der Waals surface area contributed by atoms with Gasteiger partial charge in [0, 0.05) is 33.0 Å². The fourth-order valence-corrected chi connectivity index (χ4v) is 1.43. The van der Waals surface area contributed by atoms with E-state index >= 15 is 0 Å². The van der Waals surface area contributed by atoms with E-state index in [1.165, 1.54) is 0 Å². The van der Waals surface area contributed by atoms with Gasteiger partial charge in [-0.2, -0.15) is 0 Å². The minimum atomic E-state index is -0.0763. The number of hydrogen-bond acceptors (Lipinski definition) is 5. The van der Waals surface area contributed by atoms with Gasteiger partial charge in [-0.1, -0.05) is 0 Å². The average Bonchev–Trinajstić information content (AvgIpc) is 2.33. The largest absolute Gasteiger partial charge is 0.383 e. The summed E-state index contributed by atoms with van der Waals surface area (Å²) in [7, 11) is 3.35. The molecule has 0 saturated heterocycles. The predicted molar refractivity (Wildman–Crippen MR) is 65.8 cm³/mol. The van der Waals surface area contributed by atoms with Crippen LogP contribution in [0, 0.1) is 6.92 Å². The van der Waals surface area contributed by atoms with Gasteiger partial charge in [-0.05, 0) is 19.9 Å². The van der Waals surface area contributed by atoms with Crippen LogP contribution in [0.5, 0.6) is 0 Å². The zero-order valence-electron chi connectivity index (χ0n) is 11.0. The van der Waals surface area contributed by atoms with Crippen molar-refractivity contribution in [2.45, 2.75) is 26.5 Å². The quantitative estimate of drug-likeness (QED) is 0.725. The highest BCUT2D eigenvalue weighted by Crippen LogP contribution is 2.12. The Bertz CT molecular complexity index is 345. The van der Waals surface area contributed by atoms with E-state index in [9.17, 15) is 0 Å². The highest BCUT2D eigenvalue weighted by Gasteiger charge is 2.09. The summed E-state index contributed by atoms with van der Waals surface area (Å²) in [5, 5.41) is 3.26. The molecule has 17 heavy (non-hydrogen) atoms. The second kappa shape index (κ2) is 7.32. The molecule has 0 fully saturated rings. The first-order chi connectivity index (χ1) is 8.17. The topological polar surface area (TPSA) is 56.3 Å². The van der Waals surface area contributed by atoms with Crippen LogP contribution in [0.2, 0.25) is 0 Å². The number of nitrogens with zero attached hydrogens (tertiary/aromatic N) is 2. The number of aromatic nitrogens is 2. The van der Waals surface area contributed by atoms with E-state index in [0.717, 1.165) is 30.3 Å². The molecule has 0 aliphatic heterocycles. The van der Waals surface area contributed by atoms with Gasteiger partial charge < -0.3 is 14.8 Å². The van der Waals surface area contributed by atoms with Crippen LogP contribution < -0.4 is 5.32 Å². The summed E-state index contributed by atoms with van der Waals surface area (Å²) in [6.45, 7) is 6.14. The molecule has 0 amide bonds. The third kappa shape index (κ3) is 4.77. The molecule has 1 rings (SSSR count). The number of rotatable bonds is 7. The smallest absolute Gasteiger partial charge is 0.157 e. The molecule has 1 unspecified atom stereocenters. The lowest BCUT2D eigenvalue weighted by Gasteiger charge is -2.11. The molecule has 0 aliphatic carbocycles. The molecule has 0 radical (unpaired) electrons. The van der Waals surface area contributed by atoms with E-state index < -0.39 is 0 Å². The molecular weight excluding hydrogens is 218 g/mol. The van der Waals surface area contributed by atoms with Gasteiger partial charge >= 0.3 is 0 Å². The standard InChI is InChI=1S/C12H21N3O2/c1-9-7-11(8-13-5-6-16-3)15-12(14-9)10(2)17-4/h7,10,13H,5-6,8H2,1-4H3. The maximum atomic E-state index is 5.22. The normalized spacial score (nSPS) is 12.7. The van der Waals surface area contributed by atoms with Crippen LogP contribution in [0.4, 0.5) is 0 Å². The molecule has 1 heterocycles. The number of methoxy groups -OCH3 is 2. The van der Waals surface area contributed by atoms with Crippen molar-refractivity contribution in [2.75, 3.05) is 27.4 Å². The average molecular weight is 239 g/mol. The monoisotopic (exact) mass is 239 g/mol.